The Morgan fingerprint density at radius 1 is 1.19 bits per heavy atom. The topological polar surface area (TPSA) is 41.6 Å². The molecule has 21 heavy (non-hydrogen) atoms. The fourth-order valence-corrected chi connectivity index (χ4v) is 2.63. The predicted molar refractivity (Wildman–Crippen MR) is 86.2 cm³/mol. The van der Waals surface area contributed by atoms with Crippen LogP contribution < -0.4 is 5.32 Å². The van der Waals surface area contributed by atoms with Gasteiger partial charge in [0.25, 0.3) is 0 Å². The van der Waals surface area contributed by atoms with Crippen molar-refractivity contribution in [2.45, 2.75) is 32.7 Å². The Morgan fingerprint density at radius 2 is 1.81 bits per heavy atom. The molecule has 118 valence electrons. The van der Waals surface area contributed by atoms with E-state index in [2.05, 4.69) is 24.1 Å². The van der Waals surface area contributed by atoms with Gasteiger partial charge in [0, 0.05) is 13.1 Å². The van der Waals surface area contributed by atoms with Gasteiger partial charge in [0.1, 0.15) is 5.54 Å². The number of carbonyl (C=O) groups is 1. The Labute approximate surface area is 128 Å². The number of methoxy groups -OCH3 is 1. The molecule has 1 aromatic carbocycles. The van der Waals surface area contributed by atoms with Crippen molar-refractivity contribution in [2.24, 2.45) is 0 Å². The quantitative estimate of drug-likeness (QED) is 0.710. The van der Waals surface area contributed by atoms with E-state index in [1.54, 1.807) is 0 Å². The maximum atomic E-state index is 12.4. The zero-order valence-corrected chi connectivity index (χ0v) is 13.7. The SMILES string of the molecule is CCN(CC)CCNC(CC)(C(=O)OC)c1ccccc1. The lowest BCUT2D eigenvalue weighted by molar-refractivity contribution is -0.149. The molecule has 0 amide bonds. The molecule has 0 radical (unpaired) electrons. The maximum absolute atomic E-state index is 12.4. The third-order valence-corrected chi connectivity index (χ3v) is 4.08. The summed E-state index contributed by atoms with van der Waals surface area (Å²) >= 11 is 0. The van der Waals surface area contributed by atoms with Crippen LogP contribution in [0.2, 0.25) is 0 Å². The number of nitrogens with one attached hydrogen (secondary N) is 1. The molecule has 0 heterocycles. The molecule has 1 N–H and O–H groups in total. The van der Waals surface area contributed by atoms with E-state index in [4.69, 9.17) is 4.74 Å². The number of likely N-dealkylation sites (N-methyl/N-ethyl adjacent to an activating group) is 1. The number of rotatable bonds is 9. The number of hydrogen-bond acceptors (Lipinski definition) is 4. The molecule has 0 fully saturated rings. The summed E-state index contributed by atoms with van der Waals surface area (Å²) in [4.78, 5) is 14.7. The number of benzene rings is 1. The highest BCUT2D eigenvalue weighted by Crippen LogP contribution is 2.26. The average molecular weight is 292 g/mol. The number of hydrogen-bond donors (Lipinski definition) is 1. The first kappa shape index (κ1) is 17.7. The van der Waals surface area contributed by atoms with Crippen molar-refractivity contribution in [1.29, 1.82) is 0 Å². The highest BCUT2D eigenvalue weighted by Gasteiger charge is 2.39. The van der Waals surface area contributed by atoms with Gasteiger partial charge in [-0.05, 0) is 25.1 Å². The second-order valence-electron chi connectivity index (χ2n) is 5.07. The second kappa shape index (κ2) is 8.80. The highest BCUT2D eigenvalue weighted by molar-refractivity contribution is 5.82. The van der Waals surface area contributed by atoms with Crippen molar-refractivity contribution in [3.63, 3.8) is 0 Å². The molecule has 0 bridgehead atoms. The Morgan fingerprint density at radius 3 is 2.29 bits per heavy atom. The molecule has 0 spiro atoms. The number of ether oxygens (including phenoxy) is 1. The summed E-state index contributed by atoms with van der Waals surface area (Å²) in [5.74, 6) is -0.226. The molecule has 4 heteroatoms. The van der Waals surface area contributed by atoms with Crippen LogP contribution in [-0.4, -0.2) is 44.2 Å². The van der Waals surface area contributed by atoms with Crippen LogP contribution in [-0.2, 0) is 15.1 Å². The molecular formula is C17H28N2O2. The molecule has 1 rings (SSSR count). The van der Waals surface area contributed by atoms with Crippen LogP contribution in [0.4, 0.5) is 0 Å². The monoisotopic (exact) mass is 292 g/mol. The fraction of sp³-hybridized carbons (Fsp3) is 0.588. The van der Waals surface area contributed by atoms with Crippen molar-refractivity contribution < 1.29 is 9.53 Å². The van der Waals surface area contributed by atoms with Crippen LogP contribution in [0, 0.1) is 0 Å². The van der Waals surface area contributed by atoms with Crippen molar-refractivity contribution in [1.82, 2.24) is 10.2 Å². The minimum Gasteiger partial charge on any atom is -0.467 e. The lowest BCUT2D eigenvalue weighted by Crippen LogP contribution is -2.51. The minimum absolute atomic E-state index is 0.226. The van der Waals surface area contributed by atoms with Crippen LogP contribution >= 0.6 is 0 Å². The number of esters is 1. The van der Waals surface area contributed by atoms with E-state index >= 15 is 0 Å². The maximum Gasteiger partial charge on any atom is 0.330 e. The summed E-state index contributed by atoms with van der Waals surface area (Å²) in [6, 6.07) is 9.82. The van der Waals surface area contributed by atoms with Gasteiger partial charge in [-0.25, -0.2) is 4.79 Å². The van der Waals surface area contributed by atoms with Crippen molar-refractivity contribution in [2.75, 3.05) is 33.3 Å². The zero-order chi connectivity index (χ0) is 15.7. The molecule has 0 aliphatic heterocycles. The van der Waals surface area contributed by atoms with Gasteiger partial charge in [0.15, 0.2) is 0 Å². The van der Waals surface area contributed by atoms with Gasteiger partial charge in [0.2, 0.25) is 0 Å². The average Bonchev–Trinajstić information content (AvgIpc) is 2.55. The van der Waals surface area contributed by atoms with Crippen molar-refractivity contribution >= 4 is 5.97 Å². The third kappa shape index (κ3) is 4.29. The lowest BCUT2D eigenvalue weighted by atomic mass is 9.87. The number of carbonyl (C=O) groups excluding carboxylic acids is 1. The standard InChI is InChI=1S/C17H28N2O2/c1-5-17(16(20)21-4,15-11-9-8-10-12-15)18-13-14-19(6-2)7-3/h8-12,18H,5-7,13-14H2,1-4H3. The summed E-state index contributed by atoms with van der Waals surface area (Å²) in [6.45, 7) is 10.00. The first-order chi connectivity index (χ1) is 10.1. The Hall–Kier alpha value is -1.39. The van der Waals surface area contributed by atoms with E-state index in [1.165, 1.54) is 7.11 Å². The summed E-state index contributed by atoms with van der Waals surface area (Å²) in [7, 11) is 1.45. The van der Waals surface area contributed by atoms with E-state index in [9.17, 15) is 4.79 Å². The lowest BCUT2D eigenvalue weighted by Gasteiger charge is -2.32. The summed E-state index contributed by atoms with van der Waals surface area (Å²) in [6.07, 6.45) is 0.655. The van der Waals surface area contributed by atoms with Crippen molar-refractivity contribution in [3.8, 4) is 0 Å². The van der Waals surface area contributed by atoms with E-state index in [0.717, 1.165) is 31.7 Å². The van der Waals surface area contributed by atoms with Gasteiger partial charge >= 0.3 is 5.97 Å². The molecule has 0 aliphatic carbocycles. The van der Waals surface area contributed by atoms with Crippen LogP contribution in [0.15, 0.2) is 30.3 Å². The molecule has 0 saturated carbocycles. The van der Waals surface area contributed by atoms with Gasteiger partial charge in [-0.1, -0.05) is 51.1 Å². The molecule has 1 aromatic rings. The Kier molecular flexibility index (Phi) is 7.40. The summed E-state index contributed by atoms with van der Waals surface area (Å²) in [5, 5.41) is 3.43. The summed E-state index contributed by atoms with van der Waals surface area (Å²) in [5.41, 5.74) is 0.197. The zero-order valence-electron chi connectivity index (χ0n) is 13.7. The molecule has 1 unspecified atom stereocenters. The Bertz CT molecular complexity index is 418. The first-order valence-corrected chi connectivity index (χ1v) is 7.75. The van der Waals surface area contributed by atoms with Crippen LogP contribution in [0.1, 0.15) is 32.8 Å². The van der Waals surface area contributed by atoms with Crippen LogP contribution in [0.5, 0.6) is 0 Å². The predicted octanol–water partition coefficient (Wildman–Crippen LogP) is 2.40. The van der Waals surface area contributed by atoms with Gasteiger partial charge in [-0.2, -0.15) is 0 Å². The third-order valence-electron chi connectivity index (χ3n) is 4.08. The molecule has 1 atom stereocenters. The number of nitrogens with zero attached hydrogens (tertiary/aromatic N) is 1. The molecule has 0 aromatic heterocycles. The minimum atomic E-state index is -0.761. The van der Waals surface area contributed by atoms with Crippen LogP contribution in [0.3, 0.4) is 0 Å². The first-order valence-electron chi connectivity index (χ1n) is 7.75. The van der Waals surface area contributed by atoms with Gasteiger partial charge in [-0.3, -0.25) is 5.32 Å². The molecular weight excluding hydrogens is 264 g/mol. The Balaban J connectivity index is 2.90. The summed E-state index contributed by atoms with van der Waals surface area (Å²) < 4.78 is 5.06. The largest absolute Gasteiger partial charge is 0.467 e. The van der Waals surface area contributed by atoms with Gasteiger partial charge in [-0.15, -0.1) is 0 Å². The molecule has 0 saturated heterocycles. The van der Waals surface area contributed by atoms with E-state index in [-0.39, 0.29) is 5.97 Å². The smallest absolute Gasteiger partial charge is 0.330 e. The van der Waals surface area contributed by atoms with Gasteiger partial charge < -0.3 is 9.64 Å². The second-order valence-corrected chi connectivity index (χ2v) is 5.07. The van der Waals surface area contributed by atoms with Crippen LogP contribution in [0.25, 0.3) is 0 Å². The molecule has 4 nitrogen and oxygen atoms in total. The molecule has 0 aliphatic rings. The van der Waals surface area contributed by atoms with E-state index in [1.807, 2.05) is 37.3 Å². The van der Waals surface area contributed by atoms with Gasteiger partial charge in [0.05, 0.1) is 7.11 Å². The normalized spacial score (nSPS) is 14.0. The highest BCUT2D eigenvalue weighted by atomic mass is 16.5. The van der Waals surface area contributed by atoms with E-state index in [0.29, 0.717) is 6.42 Å². The fourth-order valence-electron chi connectivity index (χ4n) is 2.63. The van der Waals surface area contributed by atoms with E-state index < -0.39 is 5.54 Å². The van der Waals surface area contributed by atoms with Crippen molar-refractivity contribution in [3.05, 3.63) is 35.9 Å².